The summed E-state index contributed by atoms with van der Waals surface area (Å²) in [6, 6.07) is 7.65. The predicted octanol–water partition coefficient (Wildman–Crippen LogP) is 0.519. The Labute approximate surface area is 110 Å². The van der Waals surface area contributed by atoms with E-state index >= 15 is 0 Å². The van der Waals surface area contributed by atoms with Crippen molar-refractivity contribution in [1.29, 1.82) is 0 Å². The zero-order chi connectivity index (χ0) is 14.4. The second-order valence-corrected chi connectivity index (χ2v) is 4.15. The molecule has 0 heterocycles. The van der Waals surface area contributed by atoms with Crippen LogP contribution in [0, 0.1) is 5.92 Å². The van der Waals surface area contributed by atoms with Gasteiger partial charge in [0.1, 0.15) is 12.0 Å². The minimum absolute atomic E-state index is 0.105. The maximum absolute atomic E-state index is 11.5. The van der Waals surface area contributed by atoms with Gasteiger partial charge in [-0.05, 0) is 12.5 Å². The lowest BCUT2D eigenvalue weighted by Gasteiger charge is -2.16. The van der Waals surface area contributed by atoms with Crippen LogP contribution < -0.4 is 5.32 Å². The number of carboxylic acids is 2. The van der Waals surface area contributed by atoms with Crippen LogP contribution in [0.25, 0.3) is 0 Å². The number of carboxylic acid groups (broad SMARTS) is 2. The average molecular weight is 265 g/mol. The van der Waals surface area contributed by atoms with Gasteiger partial charge in [-0.2, -0.15) is 0 Å². The van der Waals surface area contributed by atoms with Crippen molar-refractivity contribution in [2.45, 2.75) is 19.4 Å². The van der Waals surface area contributed by atoms with Crippen LogP contribution in [-0.4, -0.2) is 34.1 Å². The number of benzene rings is 1. The first-order chi connectivity index (χ1) is 8.91. The summed E-state index contributed by atoms with van der Waals surface area (Å²) < 4.78 is 0. The van der Waals surface area contributed by atoms with E-state index in [4.69, 9.17) is 10.2 Å². The molecule has 0 saturated carbocycles. The lowest BCUT2D eigenvalue weighted by atomic mass is 10.0. The quantitative estimate of drug-likeness (QED) is 0.650. The lowest BCUT2D eigenvalue weighted by Crippen LogP contribution is -2.45. The molecule has 0 radical (unpaired) electrons. The van der Waals surface area contributed by atoms with Crippen LogP contribution in [0.2, 0.25) is 0 Å². The largest absolute Gasteiger partial charge is 0.481 e. The summed E-state index contributed by atoms with van der Waals surface area (Å²) in [6.45, 7) is 1.21. The van der Waals surface area contributed by atoms with E-state index in [0.29, 0.717) is 0 Å². The van der Waals surface area contributed by atoms with Crippen molar-refractivity contribution in [2.24, 2.45) is 5.92 Å². The first-order valence-corrected chi connectivity index (χ1v) is 5.71. The Morgan fingerprint density at radius 2 is 1.68 bits per heavy atom. The third kappa shape index (κ3) is 4.42. The monoisotopic (exact) mass is 265 g/mol. The Kier molecular flexibility index (Phi) is 5.05. The number of aliphatic carboxylic acids is 2. The highest BCUT2D eigenvalue weighted by atomic mass is 16.4. The number of rotatable bonds is 6. The molecule has 0 fully saturated rings. The van der Waals surface area contributed by atoms with Gasteiger partial charge in [-0.1, -0.05) is 30.3 Å². The van der Waals surface area contributed by atoms with Crippen LogP contribution in [0.4, 0.5) is 0 Å². The minimum atomic E-state index is -1.29. The fraction of sp³-hybridized carbons (Fsp3) is 0.308. The molecule has 19 heavy (non-hydrogen) atoms. The van der Waals surface area contributed by atoms with Crippen molar-refractivity contribution in [3.8, 4) is 0 Å². The summed E-state index contributed by atoms with van der Waals surface area (Å²) in [7, 11) is 0. The molecule has 0 saturated heterocycles. The van der Waals surface area contributed by atoms with Crippen LogP contribution >= 0.6 is 0 Å². The van der Waals surface area contributed by atoms with Gasteiger partial charge in [0.2, 0.25) is 5.91 Å². The van der Waals surface area contributed by atoms with Gasteiger partial charge >= 0.3 is 11.9 Å². The molecular weight excluding hydrogens is 250 g/mol. The van der Waals surface area contributed by atoms with Gasteiger partial charge in [0.05, 0.1) is 0 Å². The maximum Gasteiger partial charge on any atom is 0.326 e. The van der Waals surface area contributed by atoms with Gasteiger partial charge < -0.3 is 15.5 Å². The van der Waals surface area contributed by atoms with Crippen LogP contribution in [0.1, 0.15) is 12.5 Å². The molecule has 1 aromatic rings. The standard InChI is InChI=1S/C13H15NO5/c1-8(12(16)17)11(15)14-10(13(18)19)7-9-5-3-2-4-6-9/h2-6,8,10H,7H2,1H3,(H,14,15)(H,16,17)(H,18,19)/t8?,10-/m1/s1. The number of hydrogen-bond acceptors (Lipinski definition) is 3. The molecule has 102 valence electrons. The lowest BCUT2D eigenvalue weighted by molar-refractivity contribution is -0.149. The Morgan fingerprint density at radius 3 is 2.16 bits per heavy atom. The summed E-state index contributed by atoms with van der Waals surface area (Å²) in [6.07, 6.45) is 0.105. The molecule has 2 atom stereocenters. The Morgan fingerprint density at radius 1 is 1.11 bits per heavy atom. The van der Waals surface area contributed by atoms with Crippen LogP contribution in [0.15, 0.2) is 30.3 Å². The molecule has 3 N–H and O–H groups in total. The zero-order valence-electron chi connectivity index (χ0n) is 10.4. The van der Waals surface area contributed by atoms with Gasteiger partial charge in [-0.15, -0.1) is 0 Å². The van der Waals surface area contributed by atoms with Crippen LogP contribution in [0.3, 0.4) is 0 Å². The minimum Gasteiger partial charge on any atom is -0.481 e. The van der Waals surface area contributed by atoms with Gasteiger partial charge in [0, 0.05) is 6.42 Å². The molecule has 1 rings (SSSR count). The van der Waals surface area contributed by atoms with E-state index in [1.165, 1.54) is 6.92 Å². The van der Waals surface area contributed by atoms with Crippen molar-refractivity contribution < 1.29 is 24.6 Å². The summed E-state index contributed by atoms with van der Waals surface area (Å²) >= 11 is 0. The molecule has 0 aliphatic heterocycles. The molecule has 1 aromatic carbocycles. The first-order valence-electron chi connectivity index (χ1n) is 5.71. The number of hydrogen-bond donors (Lipinski definition) is 3. The number of carbonyl (C=O) groups is 3. The van der Waals surface area contributed by atoms with Crippen LogP contribution in [-0.2, 0) is 20.8 Å². The van der Waals surface area contributed by atoms with Crippen molar-refractivity contribution >= 4 is 17.8 Å². The highest BCUT2D eigenvalue weighted by molar-refractivity contribution is 5.98. The van der Waals surface area contributed by atoms with E-state index < -0.39 is 29.8 Å². The summed E-state index contributed by atoms with van der Waals surface area (Å²) in [5.41, 5.74) is 0.748. The second-order valence-electron chi connectivity index (χ2n) is 4.15. The normalized spacial score (nSPS) is 13.3. The molecule has 0 aromatic heterocycles. The summed E-state index contributed by atoms with van der Waals surface area (Å²) in [4.78, 5) is 33.2. The van der Waals surface area contributed by atoms with E-state index in [-0.39, 0.29) is 6.42 Å². The van der Waals surface area contributed by atoms with Crippen molar-refractivity contribution in [3.63, 3.8) is 0 Å². The molecular formula is C13H15NO5. The van der Waals surface area contributed by atoms with E-state index in [0.717, 1.165) is 5.56 Å². The highest BCUT2D eigenvalue weighted by Gasteiger charge is 2.26. The van der Waals surface area contributed by atoms with E-state index in [1.807, 2.05) is 0 Å². The summed E-state index contributed by atoms with van der Waals surface area (Å²) in [5, 5.41) is 20.0. The van der Waals surface area contributed by atoms with E-state index in [1.54, 1.807) is 30.3 Å². The van der Waals surface area contributed by atoms with Gasteiger partial charge in [0.25, 0.3) is 0 Å². The maximum atomic E-state index is 11.5. The molecule has 1 unspecified atom stereocenters. The van der Waals surface area contributed by atoms with Gasteiger partial charge in [0.15, 0.2) is 0 Å². The molecule has 0 spiro atoms. The average Bonchev–Trinajstić information content (AvgIpc) is 2.37. The third-order valence-corrected chi connectivity index (χ3v) is 2.66. The molecule has 6 heteroatoms. The predicted molar refractivity (Wildman–Crippen MR) is 66.5 cm³/mol. The smallest absolute Gasteiger partial charge is 0.326 e. The van der Waals surface area contributed by atoms with Crippen molar-refractivity contribution in [1.82, 2.24) is 5.32 Å². The van der Waals surface area contributed by atoms with Crippen molar-refractivity contribution in [2.75, 3.05) is 0 Å². The SMILES string of the molecule is CC(C(=O)O)C(=O)N[C@H](Cc1ccccc1)C(=O)O. The summed E-state index contributed by atoms with van der Waals surface area (Å²) in [5.74, 6) is -4.58. The number of nitrogens with one attached hydrogen (secondary N) is 1. The molecule has 6 nitrogen and oxygen atoms in total. The first kappa shape index (κ1) is 14.7. The Hall–Kier alpha value is -2.37. The Balaban J connectivity index is 2.72. The third-order valence-electron chi connectivity index (χ3n) is 2.66. The topological polar surface area (TPSA) is 104 Å². The zero-order valence-corrected chi connectivity index (χ0v) is 10.4. The van der Waals surface area contributed by atoms with E-state index in [2.05, 4.69) is 5.32 Å². The number of amides is 1. The fourth-order valence-electron chi connectivity index (χ4n) is 1.46. The Bertz CT molecular complexity index is 471. The number of carbonyl (C=O) groups excluding carboxylic acids is 1. The van der Waals surface area contributed by atoms with Crippen LogP contribution in [0.5, 0.6) is 0 Å². The molecule has 1 amide bonds. The second kappa shape index (κ2) is 6.53. The highest BCUT2D eigenvalue weighted by Crippen LogP contribution is 2.05. The molecule has 0 aliphatic rings. The van der Waals surface area contributed by atoms with Gasteiger partial charge in [-0.25, -0.2) is 4.79 Å². The van der Waals surface area contributed by atoms with Crippen molar-refractivity contribution in [3.05, 3.63) is 35.9 Å². The molecule has 0 bridgehead atoms. The fourth-order valence-corrected chi connectivity index (χ4v) is 1.46. The molecule has 0 aliphatic carbocycles. The van der Waals surface area contributed by atoms with E-state index in [9.17, 15) is 14.4 Å². The van der Waals surface area contributed by atoms with Gasteiger partial charge in [-0.3, -0.25) is 9.59 Å².